The third kappa shape index (κ3) is 3.09. The number of carbonyl (C=O) groups excluding carboxylic acids is 1. The Bertz CT molecular complexity index is 606. The van der Waals surface area contributed by atoms with E-state index < -0.39 is 0 Å². The van der Waals surface area contributed by atoms with Crippen molar-refractivity contribution in [1.29, 1.82) is 0 Å². The molecule has 1 amide bonds. The molecule has 0 aliphatic rings. The van der Waals surface area contributed by atoms with Gasteiger partial charge in [-0.2, -0.15) is 0 Å². The minimum Gasteiger partial charge on any atom is -0.399 e. The average molecular weight is 269 g/mol. The third-order valence-electron chi connectivity index (χ3n) is 3.16. The van der Waals surface area contributed by atoms with Crippen LogP contribution < -0.4 is 16.4 Å². The molecule has 0 bridgehead atoms. The number of nitrogens with two attached hydrogens (primary N) is 1. The first kappa shape index (κ1) is 13.9. The molecule has 104 valence electrons. The Hall–Kier alpha value is -2.49. The van der Waals surface area contributed by atoms with Crippen LogP contribution in [0.3, 0.4) is 0 Å². The molecule has 4 nitrogen and oxygen atoms in total. The van der Waals surface area contributed by atoms with Gasteiger partial charge in [-0.05, 0) is 42.3 Å². The fourth-order valence-electron chi connectivity index (χ4n) is 1.98. The van der Waals surface area contributed by atoms with Crippen LogP contribution >= 0.6 is 0 Å². The molecule has 0 aromatic heterocycles. The van der Waals surface area contributed by atoms with Crippen LogP contribution in [-0.2, 0) is 6.42 Å². The lowest BCUT2D eigenvalue weighted by Gasteiger charge is -2.12. The van der Waals surface area contributed by atoms with Gasteiger partial charge in [-0.25, -0.2) is 0 Å². The second kappa shape index (κ2) is 6.10. The van der Waals surface area contributed by atoms with Gasteiger partial charge in [0.25, 0.3) is 5.91 Å². The van der Waals surface area contributed by atoms with Crippen molar-refractivity contribution in [3.05, 3.63) is 53.6 Å². The molecule has 0 spiro atoms. The maximum Gasteiger partial charge on any atom is 0.253 e. The van der Waals surface area contributed by atoms with Crippen LogP contribution in [0.1, 0.15) is 22.8 Å². The molecule has 0 heterocycles. The fraction of sp³-hybridized carbons (Fsp3) is 0.188. The normalized spacial score (nSPS) is 10.1. The van der Waals surface area contributed by atoms with Crippen molar-refractivity contribution < 1.29 is 4.79 Å². The molecule has 0 radical (unpaired) electrons. The summed E-state index contributed by atoms with van der Waals surface area (Å²) in [5, 5.41) is 5.86. The Morgan fingerprint density at radius 2 is 1.85 bits per heavy atom. The van der Waals surface area contributed by atoms with Crippen molar-refractivity contribution in [1.82, 2.24) is 5.32 Å². The summed E-state index contributed by atoms with van der Waals surface area (Å²) in [4.78, 5) is 11.8. The Morgan fingerprint density at radius 1 is 1.15 bits per heavy atom. The molecule has 0 unspecified atom stereocenters. The Labute approximate surface area is 119 Å². The summed E-state index contributed by atoms with van der Waals surface area (Å²) < 4.78 is 0. The monoisotopic (exact) mass is 269 g/mol. The highest BCUT2D eigenvalue weighted by Crippen LogP contribution is 2.24. The van der Waals surface area contributed by atoms with Gasteiger partial charge in [0.15, 0.2) is 0 Å². The number of nitrogen functional groups attached to an aromatic ring is 1. The molecule has 0 aliphatic heterocycles. The van der Waals surface area contributed by atoms with Crippen LogP contribution in [0.2, 0.25) is 0 Å². The zero-order valence-corrected chi connectivity index (χ0v) is 11.7. The molecule has 2 rings (SSSR count). The van der Waals surface area contributed by atoms with Gasteiger partial charge < -0.3 is 16.4 Å². The molecule has 4 heteroatoms. The smallest absolute Gasteiger partial charge is 0.253 e. The summed E-state index contributed by atoms with van der Waals surface area (Å²) in [5.41, 5.74) is 9.89. The topological polar surface area (TPSA) is 67.1 Å². The number of amides is 1. The fourth-order valence-corrected chi connectivity index (χ4v) is 1.98. The van der Waals surface area contributed by atoms with E-state index >= 15 is 0 Å². The van der Waals surface area contributed by atoms with Gasteiger partial charge in [0.2, 0.25) is 0 Å². The predicted molar refractivity (Wildman–Crippen MR) is 83.3 cm³/mol. The molecule has 20 heavy (non-hydrogen) atoms. The van der Waals surface area contributed by atoms with Crippen LogP contribution in [0, 0.1) is 0 Å². The third-order valence-corrected chi connectivity index (χ3v) is 3.16. The summed E-state index contributed by atoms with van der Waals surface area (Å²) in [7, 11) is 1.61. The molecule has 0 atom stereocenters. The quantitative estimate of drug-likeness (QED) is 0.748. The first-order valence-corrected chi connectivity index (χ1v) is 6.61. The van der Waals surface area contributed by atoms with Gasteiger partial charge in [-0.3, -0.25) is 4.79 Å². The van der Waals surface area contributed by atoms with Crippen LogP contribution in [0.25, 0.3) is 0 Å². The number of hydrogen-bond donors (Lipinski definition) is 3. The van der Waals surface area contributed by atoms with E-state index in [9.17, 15) is 4.79 Å². The molecular formula is C16H19N3O. The van der Waals surface area contributed by atoms with Gasteiger partial charge >= 0.3 is 0 Å². The predicted octanol–water partition coefficient (Wildman–Crippen LogP) is 2.93. The van der Waals surface area contributed by atoms with Crippen molar-refractivity contribution in [3.8, 4) is 0 Å². The Balaban J connectivity index is 2.31. The number of carbonyl (C=O) groups is 1. The van der Waals surface area contributed by atoms with Crippen molar-refractivity contribution in [3.63, 3.8) is 0 Å². The van der Waals surface area contributed by atoms with E-state index in [1.165, 1.54) is 5.56 Å². The average Bonchev–Trinajstić information content (AvgIpc) is 2.47. The number of anilines is 3. The summed E-state index contributed by atoms with van der Waals surface area (Å²) in [6, 6.07) is 13.3. The van der Waals surface area contributed by atoms with Gasteiger partial charge in [-0.1, -0.05) is 19.1 Å². The van der Waals surface area contributed by atoms with Crippen molar-refractivity contribution in [2.24, 2.45) is 0 Å². The van der Waals surface area contributed by atoms with Crippen molar-refractivity contribution in [2.75, 3.05) is 18.1 Å². The van der Waals surface area contributed by atoms with Gasteiger partial charge in [0, 0.05) is 18.4 Å². The highest BCUT2D eigenvalue weighted by Gasteiger charge is 2.10. The number of rotatable bonds is 4. The standard InChI is InChI=1S/C16H19N3O/c1-3-11-4-7-13(8-5-11)19-15-10-12(17)6-9-14(15)16(20)18-2/h4-10,19H,3,17H2,1-2H3,(H,18,20). The molecular weight excluding hydrogens is 250 g/mol. The van der Waals surface area contributed by atoms with E-state index in [-0.39, 0.29) is 5.91 Å². The zero-order chi connectivity index (χ0) is 14.5. The highest BCUT2D eigenvalue weighted by molar-refractivity contribution is 6.00. The van der Waals surface area contributed by atoms with Crippen LogP contribution in [-0.4, -0.2) is 13.0 Å². The van der Waals surface area contributed by atoms with E-state index in [1.807, 2.05) is 12.1 Å². The van der Waals surface area contributed by atoms with Crippen molar-refractivity contribution >= 4 is 23.0 Å². The minimum atomic E-state index is -0.141. The summed E-state index contributed by atoms with van der Waals surface area (Å²) in [5.74, 6) is -0.141. The van der Waals surface area contributed by atoms with Gasteiger partial charge in [-0.15, -0.1) is 0 Å². The Morgan fingerprint density at radius 3 is 2.45 bits per heavy atom. The largest absolute Gasteiger partial charge is 0.399 e. The number of nitrogens with one attached hydrogen (secondary N) is 2. The van der Waals surface area contributed by atoms with Crippen LogP contribution in [0.5, 0.6) is 0 Å². The van der Waals surface area contributed by atoms with Gasteiger partial charge in [0.1, 0.15) is 0 Å². The van der Waals surface area contributed by atoms with Crippen LogP contribution in [0.4, 0.5) is 17.1 Å². The van der Waals surface area contributed by atoms with Crippen LogP contribution in [0.15, 0.2) is 42.5 Å². The lowest BCUT2D eigenvalue weighted by atomic mass is 10.1. The van der Waals surface area contributed by atoms with Crippen molar-refractivity contribution in [2.45, 2.75) is 13.3 Å². The summed E-state index contributed by atoms with van der Waals surface area (Å²) in [6.07, 6.45) is 1.00. The van der Waals surface area contributed by atoms with E-state index in [4.69, 9.17) is 5.73 Å². The first-order valence-electron chi connectivity index (χ1n) is 6.61. The maximum atomic E-state index is 11.8. The number of benzene rings is 2. The molecule has 0 aliphatic carbocycles. The number of aryl methyl sites for hydroxylation is 1. The molecule has 2 aromatic carbocycles. The molecule has 0 fully saturated rings. The maximum absolute atomic E-state index is 11.8. The lowest BCUT2D eigenvalue weighted by Crippen LogP contribution is -2.19. The van der Waals surface area contributed by atoms with E-state index in [0.29, 0.717) is 16.9 Å². The first-order chi connectivity index (χ1) is 9.63. The Kier molecular flexibility index (Phi) is 4.25. The molecule has 0 saturated heterocycles. The lowest BCUT2D eigenvalue weighted by molar-refractivity contribution is 0.0964. The van der Waals surface area contributed by atoms with E-state index in [2.05, 4.69) is 29.7 Å². The van der Waals surface area contributed by atoms with E-state index in [1.54, 1.807) is 25.2 Å². The second-order valence-electron chi connectivity index (χ2n) is 4.56. The summed E-state index contributed by atoms with van der Waals surface area (Å²) in [6.45, 7) is 2.12. The zero-order valence-electron chi connectivity index (χ0n) is 11.7. The highest BCUT2D eigenvalue weighted by atomic mass is 16.1. The second-order valence-corrected chi connectivity index (χ2v) is 4.56. The minimum absolute atomic E-state index is 0.141. The molecule has 2 aromatic rings. The van der Waals surface area contributed by atoms with Gasteiger partial charge in [0.05, 0.1) is 11.3 Å². The molecule has 0 saturated carbocycles. The van der Waals surface area contributed by atoms with E-state index in [0.717, 1.165) is 12.1 Å². The number of hydrogen-bond acceptors (Lipinski definition) is 3. The SMILES string of the molecule is CCc1ccc(Nc2cc(N)ccc2C(=O)NC)cc1. The summed E-state index contributed by atoms with van der Waals surface area (Å²) >= 11 is 0. The molecule has 4 N–H and O–H groups in total.